The highest BCUT2D eigenvalue weighted by Gasteiger charge is 2.14. The quantitative estimate of drug-likeness (QED) is 0.673. The lowest BCUT2D eigenvalue weighted by atomic mass is 10.1. The number of hydrogen-bond acceptors (Lipinski definition) is 5. The van der Waals surface area contributed by atoms with Crippen molar-refractivity contribution in [1.29, 1.82) is 0 Å². The summed E-state index contributed by atoms with van der Waals surface area (Å²) in [7, 11) is 0. The predicted molar refractivity (Wildman–Crippen MR) is 97.3 cm³/mol. The maximum atomic E-state index is 12.3. The van der Waals surface area contributed by atoms with Gasteiger partial charge >= 0.3 is 6.03 Å². The summed E-state index contributed by atoms with van der Waals surface area (Å²) in [5.74, 6) is 0.926. The number of aryl methyl sites for hydroxylation is 1. The molecule has 0 aliphatic carbocycles. The molecule has 1 aromatic heterocycles. The predicted octanol–water partition coefficient (Wildman–Crippen LogP) is 2.97. The number of urea groups is 1. The van der Waals surface area contributed by atoms with Crippen LogP contribution in [0.1, 0.15) is 22.5 Å². The van der Waals surface area contributed by atoms with Gasteiger partial charge in [-0.05, 0) is 35.7 Å². The van der Waals surface area contributed by atoms with Crippen LogP contribution in [0.5, 0.6) is 0 Å². The van der Waals surface area contributed by atoms with Gasteiger partial charge < -0.3 is 20.5 Å². The van der Waals surface area contributed by atoms with E-state index in [1.807, 2.05) is 24.3 Å². The van der Waals surface area contributed by atoms with E-state index >= 15 is 0 Å². The van der Waals surface area contributed by atoms with Crippen LogP contribution in [0, 0.1) is 6.92 Å². The van der Waals surface area contributed by atoms with Crippen molar-refractivity contribution in [3.05, 3.63) is 65.0 Å². The fourth-order valence-electron chi connectivity index (χ4n) is 2.99. The van der Waals surface area contributed by atoms with Crippen LogP contribution in [0.15, 0.2) is 47.0 Å². The van der Waals surface area contributed by atoms with Crippen molar-refractivity contribution in [2.24, 2.45) is 0 Å². The fourth-order valence-corrected chi connectivity index (χ4v) is 2.99. The average molecular weight is 349 g/mol. The molecule has 0 fully saturated rings. The Hall–Kier alpha value is -3.19. The van der Waals surface area contributed by atoms with E-state index in [1.54, 1.807) is 13.0 Å². The molecular formula is C19H19N5O2. The number of nitrogens with zero attached hydrogens (tertiary/aromatic N) is 2. The third kappa shape index (κ3) is 3.43. The lowest BCUT2D eigenvalue weighted by Crippen LogP contribution is -2.28. The summed E-state index contributed by atoms with van der Waals surface area (Å²) in [6.07, 6.45) is 0. The second-order valence-corrected chi connectivity index (χ2v) is 6.21. The van der Waals surface area contributed by atoms with Gasteiger partial charge in [-0.15, -0.1) is 0 Å². The third-order valence-corrected chi connectivity index (χ3v) is 4.29. The standard InChI is InChI=1S/C19H19N5O2/c1-12-22-18(26-24-12)16-4-2-3-5-17(16)23-19(25)21-9-13-6-7-14-10-20-11-15(14)8-13/h2-8,20H,9-11H2,1H3,(H2,21,23,25). The number of amides is 2. The van der Waals surface area contributed by atoms with E-state index in [4.69, 9.17) is 4.52 Å². The van der Waals surface area contributed by atoms with E-state index in [0.717, 1.165) is 18.7 Å². The van der Waals surface area contributed by atoms with E-state index in [2.05, 4.69) is 38.2 Å². The van der Waals surface area contributed by atoms with E-state index < -0.39 is 0 Å². The number of hydrogen-bond donors (Lipinski definition) is 3. The number of rotatable bonds is 4. The smallest absolute Gasteiger partial charge is 0.319 e. The maximum Gasteiger partial charge on any atom is 0.319 e. The van der Waals surface area contributed by atoms with Crippen LogP contribution in [0.3, 0.4) is 0 Å². The van der Waals surface area contributed by atoms with Gasteiger partial charge in [0, 0.05) is 19.6 Å². The molecule has 0 unspecified atom stereocenters. The van der Waals surface area contributed by atoms with Gasteiger partial charge in [0.05, 0.1) is 11.3 Å². The molecule has 3 N–H and O–H groups in total. The number of nitrogens with one attached hydrogen (secondary N) is 3. The molecule has 0 atom stereocenters. The van der Waals surface area contributed by atoms with Crippen molar-refractivity contribution < 1.29 is 9.32 Å². The third-order valence-electron chi connectivity index (χ3n) is 4.29. The first kappa shape index (κ1) is 16.3. The molecule has 132 valence electrons. The maximum absolute atomic E-state index is 12.3. The summed E-state index contributed by atoms with van der Waals surface area (Å²) in [6, 6.07) is 13.3. The number of benzene rings is 2. The zero-order chi connectivity index (χ0) is 17.9. The Balaban J connectivity index is 1.42. The summed E-state index contributed by atoms with van der Waals surface area (Å²) < 4.78 is 5.21. The molecule has 2 aromatic carbocycles. The average Bonchev–Trinajstić information content (AvgIpc) is 3.28. The summed E-state index contributed by atoms with van der Waals surface area (Å²) in [5, 5.41) is 12.9. The van der Waals surface area contributed by atoms with Crippen molar-refractivity contribution in [1.82, 2.24) is 20.8 Å². The molecule has 2 amide bonds. The first-order chi connectivity index (χ1) is 12.7. The highest BCUT2D eigenvalue weighted by molar-refractivity contribution is 5.93. The van der Waals surface area contributed by atoms with Gasteiger partial charge in [0.25, 0.3) is 5.89 Å². The van der Waals surface area contributed by atoms with Gasteiger partial charge in [-0.2, -0.15) is 4.98 Å². The Bertz CT molecular complexity index is 951. The van der Waals surface area contributed by atoms with Crippen LogP contribution >= 0.6 is 0 Å². The second-order valence-electron chi connectivity index (χ2n) is 6.21. The van der Waals surface area contributed by atoms with Crippen LogP contribution in [-0.4, -0.2) is 16.2 Å². The molecule has 7 nitrogen and oxygen atoms in total. The Morgan fingerprint density at radius 1 is 1.19 bits per heavy atom. The molecule has 4 rings (SSSR count). The monoisotopic (exact) mass is 349 g/mol. The van der Waals surface area contributed by atoms with E-state index in [1.165, 1.54) is 11.1 Å². The first-order valence-corrected chi connectivity index (χ1v) is 8.45. The van der Waals surface area contributed by atoms with E-state index in [-0.39, 0.29) is 6.03 Å². The topological polar surface area (TPSA) is 92.1 Å². The minimum absolute atomic E-state index is 0.285. The van der Waals surface area contributed by atoms with Gasteiger partial charge in [-0.25, -0.2) is 4.79 Å². The number of carbonyl (C=O) groups is 1. The molecule has 0 saturated heterocycles. The van der Waals surface area contributed by atoms with Crippen molar-refractivity contribution in [3.8, 4) is 11.5 Å². The van der Waals surface area contributed by atoms with Crippen molar-refractivity contribution >= 4 is 11.7 Å². The van der Waals surface area contributed by atoms with Crippen LogP contribution in [0.4, 0.5) is 10.5 Å². The minimum Gasteiger partial charge on any atom is -0.334 e. The molecule has 1 aliphatic heterocycles. The summed E-state index contributed by atoms with van der Waals surface area (Å²) in [6.45, 7) is 4.00. The molecule has 2 heterocycles. The fraction of sp³-hybridized carbons (Fsp3) is 0.211. The Morgan fingerprint density at radius 3 is 2.88 bits per heavy atom. The molecule has 0 spiro atoms. The zero-order valence-corrected chi connectivity index (χ0v) is 14.4. The van der Waals surface area contributed by atoms with Crippen LogP contribution in [0.2, 0.25) is 0 Å². The van der Waals surface area contributed by atoms with Crippen LogP contribution in [0.25, 0.3) is 11.5 Å². The number of aromatic nitrogens is 2. The first-order valence-electron chi connectivity index (χ1n) is 8.45. The normalized spacial score (nSPS) is 12.7. The number of fused-ring (bicyclic) bond motifs is 1. The van der Waals surface area contributed by atoms with Gasteiger partial charge in [-0.1, -0.05) is 35.5 Å². The van der Waals surface area contributed by atoms with Crippen molar-refractivity contribution in [3.63, 3.8) is 0 Å². The molecule has 7 heteroatoms. The highest BCUT2D eigenvalue weighted by atomic mass is 16.5. The molecule has 0 radical (unpaired) electrons. The molecule has 0 saturated carbocycles. The van der Waals surface area contributed by atoms with Crippen LogP contribution in [-0.2, 0) is 19.6 Å². The van der Waals surface area contributed by atoms with Gasteiger partial charge in [0.15, 0.2) is 5.82 Å². The zero-order valence-electron chi connectivity index (χ0n) is 14.4. The Morgan fingerprint density at radius 2 is 2.04 bits per heavy atom. The SMILES string of the molecule is Cc1noc(-c2ccccc2NC(=O)NCc2ccc3c(c2)CNC3)n1. The molecule has 1 aliphatic rings. The second kappa shape index (κ2) is 6.97. The number of carbonyl (C=O) groups excluding carboxylic acids is 1. The van der Waals surface area contributed by atoms with E-state index in [9.17, 15) is 4.79 Å². The summed E-state index contributed by atoms with van der Waals surface area (Å²) >= 11 is 0. The summed E-state index contributed by atoms with van der Waals surface area (Å²) in [4.78, 5) is 16.5. The minimum atomic E-state index is -0.285. The largest absolute Gasteiger partial charge is 0.334 e. The number of anilines is 1. The molecular weight excluding hydrogens is 330 g/mol. The van der Waals surface area contributed by atoms with Gasteiger partial charge in [0.2, 0.25) is 0 Å². The molecule has 0 bridgehead atoms. The van der Waals surface area contributed by atoms with Crippen LogP contribution < -0.4 is 16.0 Å². The Kier molecular flexibility index (Phi) is 4.37. The Labute approximate surface area is 150 Å². The van der Waals surface area contributed by atoms with Gasteiger partial charge in [-0.3, -0.25) is 0 Å². The molecule has 26 heavy (non-hydrogen) atoms. The van der Waals surface area contributed by atoms with Crippen molar-refractivity contribution in [2.45, 2.75) is 26.6 Å². The lowest BCUT2D eigenvalue weighted by molar-refractivity contribution is 0.251. The van der Waals surface area contributed by atoms with Gasteiger partial charge in [0.1, 0.15) is 0 Å². The molecule has 3 aromatic rings. The highest BCUT2D eigenvalue weighted by Crippen LogP contribution is 2.26. The van der Waals surface area contributed by atoms with E-state index in [0.29, 0.717) is 29.5 Å². The summed E-state index contributed by atoms with van der Waals surface area (Å²) in [5.41, 5.74) is 4.99. The number of para-hydroxylation sites is 1. The van der Waals surface area contributed by atoms with Crippen molar-refractivity contribution in [2.75, 3.05) is 5.32 Å². The lowest BCUT2D eigenvalue weighted by Gasteiger charge is -2.10.